The van der Waals surface area contributed by atoms with Crippen molar-refractivity contribution < 1.29 is 0 Å². The molecule has 0 saturated heterocycles. The maximum absolute atomic E-state index is 4.99. The molecule has 0 radical (unpaired) electrons. The minimum Gasteiger partial charge on any atom is -0.324 e. The number of nitrogens with one attached hydrogen (secondary N) is 1. The molecule has 0 aliphatic heterocycles. The fourth-order valence-electron chi connectivity index (χ4n) is 7.58. The Kier molecular flexibility index (Phi) is 8.05. The molecule has 2 aromatic heterocycles. The van der Waals surface area contributed by atoms with Crippen molar-refractivity contribution in [1.82, 2.24) is 14.5 Å². The lowest BCUT2D eigenvalue weighted by Crippen LogP contribution is -2.06. The highest BCUT2D eigenvalue weighted by atomic mass is 15.1. The van der Waals surface area contributed by atoms with E-state index in [-0.39, 0.29) is 0 Å². The Balaban J connectivity index is 1.02. The van der Waals surface area contributed by atoms with Crippen molar-refractivity contribution >= 4 is 51.7 Å². The molecule has 4 nitrogen and oxygen atoms in total. The van der Waals surface area contributed by atoms with Crippen LogP contribution < -0.4 is 5.32 Å². The van der Waals surface area contributed by atoms with Gasteiger partial charge in [0.05, 0.1) is 16.7 Å². The standard InChI is InChI=1S/C48H38N4/c1-32-14-13-21-40-42-31-38(28-29-45(42)52(47(32)40)39-18-7-4-8-19-39)37-27-25-34(33(2)30-37)24-26-35-15-9-11-22-43(35)49-48-50-44-23-12-10-20-41(44)46(51-48)36-16-5-3-6-17-36/h3-13,15-32H,14H2,1-2H3,(H,49,50,51)/b26-24-. The van der Waals surface area contributed by atoms with E-state index >= 15 is 0 Å². The van der Waals surface area contributed by atoms with Gasteiger partial charge in [0.2, 0.25) is 5.95 Å². The summed E-state index contributed by atoms with van der Waals surface area (Å²) in [6.07, 6.45) is 10.1. The summed E-state index contributed by atoms with van der Waals surface area (Å²) in [4.78, 5) is 9.87. The molecule has 9 rings (SSSR count). The van der Waals surface area contributed by atoms with Crippen LogP contribution in [0.1, 0.15) is 47.2 Å². The minimum atomic E-state index is 0.455. The molecule has 250 valence electrons. The zero-order valence-corrected chi connectivity index (χ0v) is 29.3. The van der Waals surface area contributed by atoms with Crippen LogP contribution in [-0.4, -0.2) is 14.5 Å². The van der Waals surface area contributed by atoms with Gasteiger partial charge in [-0.05, 0) is 77.6 Å². The fourth-order valence-corrected chi connectivity index (χ4v) is 7.58. The lowest BCUT2D eigenvalue weighted by atomic mass is 9.92. The number of rotatable bonds is 7. The third-order valence-corrected chi connectivity index (χ3v) is 10.2. The number of allylic oxidation sites excluding steroid dienone is 1. The molecule has 4 heteroatoms. The van der Waals surface area contributed by atoms with E-state index in [1.165, 1.54) is 50.1 Å². The number of hydrogen-bond acceptors (Lipinski definition) is 3. The predicted molar refractivity (Wildman–Crippen MR) is 219 cm³/mol. The van der Waals surface area contributed by atoms with E-state index in [4.69, 9.17) is 9.97 Å². The van der Waals surface area contributed by atoms with Crippen molar-refractivity contribution in [2.75, 3.05) is 5.32 Å². The summed E-state index contributed by atoms with van der Waals surface area (Å²) >= 11 is 0. The highest BCUT2D eigenvalue weighted by Gasteiger charge is 2.23. The van der Waals surface area contributed by atoms with E-state index in [9.17, 15) is 0 Å². The topological polar surface area (TPSA) is 42.7 Å². The first-order valence-corrected chi connectivity index (χ1v) is 18.0. The third kappa shape index (κ3) is 5.78. The van der Waals surface area contributed by atoms with Crippen molar-refractivity contribution in [3.8, 4) is 28.1 Å². The van der Waals surface area contributed by atoms with Gasteiger partial charge in [-0.15, -0.1) is 0 Å². The van der Waals surface area contributed by atoms with E-state index in [0.29, 0.717) is 11.9 Å². The van der Waals surface area contributed by atoms with Crippen molar-refractivity contribution in [1.29, 1.82) is 0 Å². The summed E-state index contributed by atoms with van der Waals surface area (Å²) in [5, 5.41) is 5.86. The number of para-hydroxylation sites is 3. The molecule has 1 N–H and O–H groups in total. The molecule has 6 aromatic carbocycles. The first-order valence-electron chi connectivity index (χ1n) is 18.0. The van der Waals surface area contributed by atoms with Gasteiger partial charge in [0.15, 0.2) is 0 Å². The molecule has 1 aliphatic carbocycles. The molecule has 52 heavy (non-hydrogen) atoms. The van der Waals surface area contributed by atoms with Crippen molar-refractivity contribution in [2.45, 2.75) is 26.2 Å². The van der Waals surface area contributed by atoms with E-state index in [0.717, 1.165) is 39.8 Å². The number of anilines is 2. The maximum atomic E-state index is 4.99. The number of hydrogen-bond donors (Lipinski definition) is 1. The van der Waals surface area contributed by atoms with Gasteiger partial charge in [0.25, 0.3) is 0 Å². The van der Waals surface area contributed by atoms with Crippen LogP contribution in [0.5, 0.6) is 0 Å². The number of benzene rings is 6. The fraction of sp³-hybridized carbons (Fsp3) is 0.0833. The first-order chi connectivity index (χ1) is 25.6. The highest BCUT2D eigenvalue weighted by molar-refractivity contribution is 5.97. The van der Waals surface area contributed by atoms with Crippen LogP contribution in [0.4, 0.5) is 11.6 Å². The summed E-state index contributed by atoms with van der Waals surface area (Å²) in [6, 6.07) is 51.2. The van der Waals surface area contributed by atoms with Crippen LogP contribution in [0.3, 0.4) is 0 Å². The zero-order chi connectivity index (χ0) is 35.0. The molecule has 0 amide bonds. The quantitative estimate of drug-likeness (QED) is 0.172. The van der Waals surface area contributed by atoms with Gasteiger partial charge >= 0.3 is 0 Å². The summed E-state index contributed by atoms with van der Waals surface area (Å²) in [5.41, 5.74) is 14.9. The molecule has 0 spiro atoms. The van der Waals surface area contributed by atoms with Crippen LogP contribution in [0.15, 0.2) is 152 Å². The van der Waals surface area contributed by atoms with Crippen LogP contribution in [0.2, 0.25) is 0 Å². The van der Waals surface area contributed by atoms with Gasteiger partial charge in [-0.1, -0.05) is 140 Å². The molecule has 1 unspecified atom stereocenters. The predicted octanol–water partition coefficient (Wildman–Crippen LogP) is 12.7. The monoisotopic (exact) mass is 670 g/mol. The second-order valence-corrected chi connectivity index (χ2v) is 13.6. The third-order valence-electron chi connectivity index (χ3n) is 10.2. The van der Waals surface area contributed by atoms with Gasteiger partial charge in [-0.3, -0.25) is 0 Å². The largest absolute Gasteiger partial charge is 0.324 e. The summed E-state index contributed by atoms with van der Waals surface area (Å²) in [7, 11) is 0. The number of fused-ring (bicyclic) bond motifs is 4. The lowest BCUT2D eigenvalue weighted by Gasteiger charge is -2.19. The summed E-state index contributed by atoms with van der Waals surface area (Å²) in [5.74, 6) is 1.03. The van der Waals surface area contributed by atoms with E-state index < -0.39 is 0 Å². The lowest BCUT2D eigenvalue weighted by molar-refractivity contribution is 0.723. The Morgan fingerprint density at radius 2 is 1.37 bits per heavy atom. The Morgan fingerprint density at radius 3 is 2.21 bits per heavy atom. The second kappa shape index (κ2) is 13.3. The van der Waals surface area contributed by atoms with Gasteiger partial charge in [0.1, 0.15) is 0 Å². The Hall–Kier alpha value is -6.52. The Labute approximate surface area is 304 Å². The van der Waals surface area contributed by atoms with E-state index in [2.05, 4.69) is 151 Å². The molecule has 8 aromatic rings. The Morgan fingerprint density at radius 1 is 0.654 bits per heavy atom. The molecule has 0 saturated carbocycles. The number of aromatic nitrogens is 3. The second-order valence-electron chi connectivity index (χ2n) is 13.6. The highest BCUT2D eigenvalue weighted by Crippen LogP contribution is 2.41. The molecule has 0 fully saturated rings. The average Bonchev–Trinajstić information content (AvgIpc) is 3.53. The van der Waals surface area contributed by atoms with Crippen molar-refractivity contribution in [2.24, 2.45) is 0 Å². The molecule has 1 aliphatic rings. The summed E-state index contributed by atoms with van der Waals surface area (Å²) < 4.78 is 2.46. The number of aryl methyl sites for hydroxylation is 1. The van der Waals surface area contributed by atoms with Gasteiger partial charge in [0, 0.05) is 44.9 Å². The smallest absolute Gasteiger partial charge is 0.228 e. The average molecular weight is 671 g/mol. The van der Waals surface area contributed by atoms with Crippen LogP contribution in [-0.2, 0) is 0 Å². The van der Waals surface area contributed by atoms with Crippen LogP contribution in [0.25, 0.3) is 68.1 Å². The van der Waals surface area contributed by atoms with E-state index in [1.54, 1.807) is 0 Å². The molecule has 0 bridgehead atoms. The normalized spacial score (nSPS) is 13.9. The summed E-state index contributed by atoms with van der Waals surface area (Å²) in [6.45, 7) is 4.53. The van der Waals surface area contributed by atoms with Gasteiger partial charge in [-0.25, -0.2) is 9.97 Å². The Bertz CT molecular complexity index is 2650. The number of nitrogens with zero attached hydrogens (tertiary/aromatic N) is 3. The van der Waals surface area contributed by atoms with Crippen molar-refractivity contribution in [3.05, 3.63) is 180 Å². The van der Waals surface area contributed by atoms with Gasteiger partial charge in [-0.2, -0.15) is 0 Å². The van der Waals surface area contributed by atoms with Crippen LogP contribution in [0, 0.1) is 6.92 Å². The first kappa shape index (κ1) is 31.5. The van der Waals surface area contributed by atoms with Gasteiger partial charge < -0.3 is 9.88 Å². The SMILES string of the molecule is Cc1cc(-c2ccc3c(c2)c2c(n3-c3ccccc3)C(C)CC=C2)ccc1/C=C\c1ccccc1Nc1nc(-c2ccccc2)c2ccccc2n1. The van der Waals surface area contributed by atoms with E-state index in [1.807, 2.05) is 42.5 Å². The maximum Gasteiger partial charge on any atom is 0.228 e. The molecular formula is C48H38N4. The molecular weight excluding hydrogens is 633 g/mol. The molecule has 1 atom stereocenters. The minimum absolute atomic E-state index is 0.455. The van der Waals surface area contributed by atoms with Crippen LogP contribution >= 0.6 is 0 Å². The molecule has 2 heterocycles. The van der Waals surface area contributed by atoms with Crippen molar-refractivity contribution in [3.63, 3.8) is 0 Å². The zero-order valence-electron chi connectivity index (χ0n) is 29.3.